The fourth-order valence-electron chi connectivity index (χ4n) is 10.9. The van der Waals surface area contributed by atoms with Crippen LogP contribution in [0.2, 0.25) is 0 Å². The van der Waals surface area contributed by atoms with E-state index in [1.54, 1.807) is 6.08 Å². The van der Waals surface area contributed by atoms with Gasteiger partial charge in [-0.1, -0.05) is 340 Å². The predicted molar refractivity (Wildman–Crippen MR) is 333 cm³/mol. The molecule has 2 atom stereocenters. The molecule has 0 bridgehead atoms. The fourth-order valence-corrected chi connectivity index (χ4v) is 10.9. The van der Waals surface area contributed by atoms with E-state index in [2.05, 4.69) is 31.3 Å². The minimum Gasteiger partial charge on any atom is -0.466 e. The number of unbranched alkanes of at least 4 members (excludes halogenated alkanes) is 52. The number of esters is 1. The van der Waals surface area contributed by atoms with Crippen LogP contribution >= 0.6 is 0 Å². The quantitative estimate of drug-likeness (QED) is 0.0320. The zero-order valence-electron chi connectivity index (χ0n) is 51.5. The summed E-state index contributed by atoms with van der Waals surface area (Å²) < 4.78 is 5.47. The molecular weight excluding hydrogens is 935 g/mol. The average molecular weight is 1070 g/mol. The van der Waals surface area contributed by atoms with Crippen molar-refractivity contribution in [3.63, 3.8) is 0 Å². The minimum atomic E-state index is -0.842. The van der Waals surface area contributed by atoms with E-state index in [0.29, 0.717) is 19.4 Å². The molecule has 0 aromatic carbocycles. The Morgan fingerprint density at radius 3 is 0.934 bits per heavy atom. The summed E-state index contributed by atoms with van der Waals surface area (Å²) in [6.07, 6.45) is 82.6. The first-order chi connectivity index (χ1) is 37.5. The molecule has 0 rings (SSSR count). The van der Waals surface area contributed by atoms with Crippen LogP contribution in [-0.4, -0.2) is 47.4 Å². The summed E-state index contributed by atoms with van der Waals surface area (Å²) in [6.45, 7) is 4.93. The van der Waals surface area contributed by atoms with Crippen LogP contribution < -0.4 is 5.32 Å². The molecule has 6 heteroatoms. The highest BCUT2D eigenvalue weighted by Crippen LogP contribution is 2.18. The summed E-state index contributed by atoms with van der Waals surface area (Å²) in [5.41, 5.74) is 0. The van der Waals surface area contributed by atoms with E-state index in [0.717, 1.165) is 38.5 Å². The molecule has 0 saturated heterocycles. The van der Waals surface area contributed by atoms with Gasteiger partial charge in [0, 0.05) is 12.8 Å². The molecule has 450 valence electrons. The monoisotopic (exact) mass is 1070 g/mol. The van der Waals surface area contributed by atoms with E-state index in [1.165, 1.54) is 321 Å². The first kappa shape index (κ1) is 74.3. The number of aliphatic hydroxyl groups is 2. The van der Waals surface area contributed by atoms with Gasteiger partial charge < -0.3 is 20.3 Å². The maximum Gasteiger partial charge on any atom is 0.305 e. The van der Waals surface area contributed by atoms with E-state index < -0.39 is 12.1 Å². The summed E-state index contributed by atoms with van der Waals surface area (Å²) in [5, 5.41) is 23.2. The first-order valence-corrected chi connectivity index (χ1v) is 34.6. The third-order valence-electron chi connectivity index (χ3n) is 16.2. The molecule has 0 aromatic rings. The molecule has 2 unspecified atom stereocenters. The van der Waals surface area contributed by atoms with Crippen LogP contribution in [0.4, 0.5) is 0 Å². The van der Waals surface area contributed by atoms with Crippen LogP contribution in [0.25, 0.3) is 0 Å². The molecule has 0 saturated carbocycles. The van der Waals surface area contributed by atoms with Crippen molar-refractivity contribution in [3.05, 3.63) is 24.3 Å². The molecule has 1 amide bonds. The van der Waals surface area contributed by atoms with Crippen molar-refractivity contribution in [3.8, 4) is 0 Å². The minimum absolute atomic E-state index is 0.0181. The molecule has 6 nitrogen and oxygen atoms in total. The highest BCUT2D eigenvalue weighted by molar-refractivity contribution is 5.76. The number of carbonyl (C=O) groups excluding carboxylic acids is 2. The summed E-state index contributed by atoms with van der Waals surface area (Å²) in [6, 6.07) is -0.625. The first-order valence-electron chi connectivity index (χ1n) is 34.6. The number of carbonyl (C=O) groups is 2. The summed E-state index contributed by atoms with van der Waals surface area (Å²) >= 11 is 0. The lowest BCUT2D eigenvalue weighted by Gasteiger charge is -2.20. The molecule has 0 fully saturated rings. The normalized spacial score (nSPS) is 12.6. The van der Waals surface area contributed by atoms with E-state index in [-0.39, 0.29) is 18.5 Å². The Kier molecular flexibility index (Phi) is 64.4. The zero-order chi connectivity index (χ0) is 55.0. The standard InChI is InChI=1S/C70H135NO5/c1-3-5-7-9-11-13-15-16-17-36-39-43-46-50-54-58-62-68(73)67(66-72)71-69(74)63-59-55-51-47-44-40-37-34-32-30-28-26-24-22-20-18-19-21-23-25-27-29-31-33-35-38-41-45-49-53-57-61-65-76-70(75)64-60-56-52-48-42-14-12-10-8-6-4-2/h21,23,58,62,67-68,72-73H,3-20,22,24-57,59-61,63-66H2,1-2H3,(H,71,74)/b23-21-,62-58+. The number of nitrogens with one attached hydrogen (secondary N) is 1. The molecule has 76 heavy (non-hydrogen) atoms. The van der Waals surface area contributed by atoms with Gasteiger partial charge in [0.2, 0.25) is 5.91 Å². The number of hydrogen-bond donors (Lipinski definition) is 3. The van der Waals surface area contributed by atoms with Crippen LogP contribution in [0.3, 0.4) is 0 Å². The topological polar surface area (TPSA) is 95.9 Å². The molecule has 0 aliphatic rings. The molecular formula is C70H135NO5. The van der Waals surface area contributed by atoms with Gasteiger partial charge in [-0.2, -0.15) is 0 Å². The summed E-state index contributed by atoms with van der Waals surface area (Å²) in [4.78, 5) is 24.5. The molecule has 0 aliphatic carbocycles. The Hall–Kier alpha value is -1.66. The van der Waals surface area contributed by atoms with Crippen molar-refractivity contribution in [1.29, 1.82) is 0 Å². The van der Waals surface area contributed by atoms with Gasteiger partial charge in [-0.05, 0) is 57.8 Å². The lowest BCUT2D eigenvalue weighted by Crippen LogP contribution is -2.45. The highest BCUT2D eigenvalue weighted by atomic mass is 16.5. The van der Waals surface area contributed by atoms with Gasteiger partial charge >= 0.3 is 5.97 Å². The largest absolute Gasteiger partial charge is 0.466 e. The molecule has 0 aromatic heterocycles. The number of rotatable bonds is 65. The van der Waals surface area contributed by atoms with Crippen LogP contribution in [-0.2, 0) is 14.3 Å². The second-order valence-electron chi connectivity index (χ2n) is 23.9. The number of hydrogen-bond acceptors (Lipinski definition) is 5. The molecule has 0 radical (unpaired) electrons. The second-order valence-corrected chi connectivity index (χ2v) is 23.9. The van der Waals surface area contributed by atoms with E-state index in [1.807, 2.05) is 6.08 Å². The Labute approximate surface area is 475 Å². The van der Waals surface area contributed by atoms with Crippen LogP contribution in [0.5, 0.6) is 0 Å². The number of aliphatic hydroxyl groups excluding tert-OH is 2. The Morgan fingerprint density at radius 2 is 0.618 bits per heavy atom. The second kappa shape index (κ2) is 65.9. The third-order valence-corrected chi connectivity index (χ3v) is 16.2. The summed E-state index contributed by atoms with van der Waals surface area (Å²) in [7, 11) is 0. The van der Waals surface area contributed by atoms with Crippen LogP contribution in [0.15, 0.2) is 24.3 Å². The average Bonchev–Trinajstić information content (AvgIpc) is 3.42. The van der Waals surface area contributed by atoms with Gasteiger partial charge in [0.05, 0.1) is 25.4 Å². The van der Waals surface area contributed by atoms with Gasteiger partial charge in [-0.3, -0.25) is 9.59 Å². The van der Waals surface area contributed by atoms with Crippen molar-refractivity contribution >= 4 is 11.9 Å². The Bertz CT molecular complexity index is 1190. The fraction of sp³-hybridized carbons (Fsp3) is 0.914. The molecule has 0 aliphatic heterocycles. The van der Waals surface area contributed by atoms with Crippen molar-refractivity contribution in [1.82, 2.24) is 5.32 Å². The van der Waals surface area contributed by atoms with Crippen molar-refractivity contribution in [2.75, 3.05) is 13.2 Å². The van der Waals surface area contributed by atoms with Gasteiger partial charge in [-0.25, -0.2) is 0 Å². The number of amides is 1. The molecule has 0 heterocycles. The van der Waals surface area contributed by atoms with Crippen molar-refractivity contribution < 1.29 is 24.5 Å². The Balaban J connectivity index is 3.37. The SMILES string of the molecule is CCCCCCCCCCCCCCCC/C=C/C(O)C(CO)NC(=O)CCCCCCCCCCCCCCCCCC/C=C\CCCCCCCCCCCCCCOC(=O)CCCCCCCCCCCCC. The van der Waals surface area contributed by atoms with Gasteiger partial charge in [0.1, 0.15) is 0 Å². The number of ether oxygens (including phenoxy) is 1. The van der Waals surface area contributed by atoms with Crippen LogP contribution in [0.1, 0.15) is 386 Å². The maximum atomic E-state index is 12.5. The van der Waals surface area contributed by atoms with E-state index in [9.17, 15) is 19.8 Å². The smallest absolute Gasteiger partial charge is 0.305 e. The highest BCUT2D eigenvalue weighted by Gasteiger charge is 2.18. The van der Waals surface area contributed by atoms with E-state index >= 15 is 0 Å². The lowest BCUT2D eigenvalue weighted by atomic mass is 10.0. The van der Waals surface area contributed by atoms with Gasteiger partial charge in [0.15, 0.2) is 0 Å². The van der Waals surface area contributed by atoms with Gasteiger partial charge in [-0.15, -0.1) is 0 Å². The van der Waals surface area contributed by atoms with Crippen LogP contribution in [0, 0.1) is 0 Å². The summed E-state index contributed by atoms with van der Waals surface area (Å²) in [5.74, 6) is -0.0445. The lowest BCUT2D eigenvalue weighted by molar-refractivity contribution is -0.143. The zero-order valence-corrected chi connectivity index (χ0v) is 51.5. The van der Waals surface area contributed by atoms with Gasteiger partial charge in [0.25, 0.3) is 0 Å². The number of allylic oxidation sites excluding steroid dienone is 3. The van der Waals surface area contributed by atoms with E-state index in [4.69, 9.17) is 4.74 Å². The maximum absolute atomic E-state index is 12.5. The van der Waals surface area contributed by atoms with Crippen molar-refractivity contribution in [2.45, 2.75) is 398 Å². The predicted octanol–water partition coefficient (Wildman–Crippen LogP) is 22.1. The third kappa shape index (κ3) is 61.6. The van der Waals surface area contributed by atoms with Crippen molar-refractivity contribution in [2.24, 2.45) is 0 Å². The molecule has 0 spiro atoms. The Morgan fingerprint density at radius 1 is 0.355 bits per heavy atom. The molecule has 3 N–H and O–H groups in total.